The quantitative estimate of drug-likeness (QED) is 0.0262. The third-order valence-corrected chi connectivity index (χ3v) is 12.6. The van der Waals surface area contributed by atoms with E-state index < -0.39 is 49.5 Å². The van der Waals surface area contributed by atoms with Crippen molar-refractivity contribution in [3.63, 3.8) is 0 Å². The van der Waals surface area contributed by atoms with Gasteiger partial charge in [-0.3, -0.25) is 4.79 Å². The summed E-state index contributed by atoms with van der Waals surface area (Å²) in [6.07, 6.45) is 42.2. The number of carbonyl (C=O) groups is 1. The normalized spacial score (nSPS) is 20.6. The molecule has 1 saturated heterocycles. The summed E-state index contributed by atoms with van der Waals surface area (Å²) < 4.78 is 11.3. The highest BCUT2D eigenvalue weighted by molar-refractivity contribution is 5.76. The van der Waals surface area contributed by atoms with Crippen molar-refractivity contribution < 1.29 is 39.8 Å². The molecule has 7 atom stereocenters. The van der Waals surface area contributed by atoms with Crippen molar-refractivity contribution in [2.75, 3.05) is 13.2 Å². The van der Waals surface area contributed by atoms with Crippen LogP contribution in [0.2, 0.25) is 0 Å². The molecule has 0 aromatic heterocycles. The lowest BCUT2D eigenvalue weighted by molar-refractivity contribution is -0.302. The molecule has 9 heteroatoms. The number of carbonyl (C=O) groups excluding carboxylic acids is 1. The van der Waals surface area contributed by atoms with E-state index in [1.54, 1.807) is 0 Å². The van der Waals surface area contributed by atoms with Crippen LogP contribution in [0.3, 0.4) is 0 Å². The summed E-state index contributed by atoms with van der Waals surface area (Å²) in [5, 5.41) is 54.5. The average Bonchev–Trinajstić information content (AvgIpc) is 3.25. The van der Waals surface area contributed by atoms with E-state index in [1.807, 2.05) is 0 Å². The Labute approximate surface area is 369 Å². The summed E-state index contributed by atoms with van der Waals surface area (Å²) in [4.78, 5) is 13.0. The van der Waals surface area contributed by atoms with Gasteiger partial charge in [-0.1, -0.05) is 219 Å². The molecule has 1 amide bonds. The summed E-state index contributed by atoms with van der Waals surface area (Å²) >= 11 is 0. The zero-order chi connectivity index (χ0) is 43.7. The smallest absolute Gasteiger partial charge is 0.220 e. The molecule has 1 fully saturated rings. The fourth-order valence-electron chi connectivity index (χ4n) is 8.45. The fourth-order valence-corrected chi connectivity index (χ4v) is 8.45. The molecular formula is C51H99NO8. The van der Waals surface area contributed by atoms with E-state index in [0.717, 1.165) is 38.5 Å². The second-order valence-electron chi connectivity index (χ2n) is 18.3. The van der Waals surface area contributed by atoms with Crippen molar-refractivity contribution in [1.82, 2.24) is 5.32 Å². The van der Waals surface area contributed by atoms with Crippen LogP contribution in [0, 0.1) is 0 Å². The van der Waals surface area contributed by atoms with Crippen LogP contribution < -0.4 is 5.32 Å². The van der Waals surface area contributed by atoms with Gasteiger partial charge in [0, 0.05) is 6.42 Å². The molecule has 0 bridgehead atoms. The molecular weight excluding hydrogens is 755 g/mol. The third-order valence-electron chi connectivity index (χ3n) is 12.6. The molecule has 0 aliphatic carbocycles. The molecule has 9 nitrogen and oxygen atoms in total. The van der Waals surface area contributed by atoms with Crippen LogP contribution in [-0.4, -0.2) is 87.5 Å². The number of rotatable bonds is 44. The maximum absolute atomic E-state index is 13.0. The van der Waals surface area contributed by atoms with E-state index in [4.69, 9.17) is 9.47 Å². The number of aliphatic hydroxyl groups is 5. The molecule has 1 aliphatic heterocycles. The fraction of sp³-hybridized carbons (Fsp3) is 0.941. The average molecular weight is 854 g/mol. The van der Waals surface area contributed by atoms with Crippen molar-refractivity contribution in [2.24, 2.45) is 0 Å². The van der Waals surface area contributed by atoms with Gasteiger partial charge in [0.25, 0.3) is 0 Å². The maximum Gasteiger partial charge on any atom is 0.220 e. The number of ether oxygens (including phenoxy) is 2. The Kier molecular flexibility index (Phi) is 39.8. The van der Waals surface area contributed by atoms with Crippen molar-refractivity contribution >= 4 is 5.91 Å². The van der Waals surface area contributed by atoms with Gasteiger partial charge in [0.15, 0.2) is 6.29 Å². The van der Waals surface area contributed by atoms with Crippen molar-refractivity contribution in [3.05, 3.63) is 12.2 Å². The third kappa shape index (κ3) is 31.7. The molecule has 0 aromatic carbocycles. The minimum Gasteiger partial charge on any atom is -0.394 e. The van der Waals surface area contributed by atoms with Gasteiger partial charge in [0.1, 0.15) is 24.4 Å². The maximum atomic E-state index is 13.0. The second kappa shape index (κ2) is 41.9. The van der Waals surface area contributed by atoms with E-state index in [2.05, 4.69) is 31.3 Å². The minimum absolute atomic E-state index is 0.134. The van der Waals surface area contributed by atoms with Gasteiger partial charge in [0.2, 0.25) is 5.91 Å². The summed E-state index contributed by atoms with van der Waals surface area (Å²) in [5.41, 5.74) is 0. The van der Waals surface area contributed by atoms with Gasteiger partial charge < -0.3 is 40.3 Å². The van der Waals surface area contributed by atoms with Gasteiger partial charge in [-0.2, -0.15) is 0 Å². The SMILES string of the molecule is CCCCCCCC/C=C/CCCCCCCCCCCCCC(=O)N[C@@H](CO[C@H]1O[C@@H](CO)[C@H](O)C(O)C1O)[C@H](O)CCCCCCCCCCCCCCCCCC. The first-order valence-electron chi connectivity index (χ1n) is 25.9. The summed E-state index contributed by atoms with van der Waals surface area (Å²) in [6.45, 7) is 3.85. The largest absolute Gasteiger partial charge is 0.394 e. The number of aliphatic hydroxyl groups excluding tert-OH is 5. The predicted octanol–water partition coefficient (Wildman–Crippen LogP) is 11.7. The van der Waals surface area contributed by atoms with Gasteiger partial charge >= 0.3 is 0 Å². The zero-order valence-corrected chi connectivity index (χ0v) is 39.2. The van der Waals surface area contributed by atoms with E-state index in [-0.39, 0.29) is 12.5 Å². The first kappa shape index (κ1) is 56.9. The first-order valence-corrected chi connectivity index (χ1v) is 25.9. The molecule has 2 unspecified atom stereocenters. The predicted molar refractivity (Wildman–Crippen MR) is 249 cm³/mol. The Morgan fingerprint density at radius 3 is 1.35 bits per heavy atom. The second-order valence-corrected chi connectivity index (χ2v) is 18.3. The number of allylic oxidation sites excluding steroid dienone is 2. The van der Waals surface area contributed by atoms with Crippen LogP contribution in [0.15, 0.2) is 12.2 Å². The minimum atomic E-state index is -1.55. The van der Waals surface area contributed by atoms with Gasteiger partial charge in [0.05, 0.1) is 25.4 Å². The van der Waals surface area contributed by atoms with E-state index >= 15 is 0 Å². The van der Waals surface area contributed by atoms with Gasteiger partial charge in [-0.25, -0.2) is 0 Å². The number of hydrogen-bond acceptors (Lipinski definition) is 8. The molecule has 0 saturated carbocycles. The van der Waals surface area contributed by atoms with Crippen LogP contribution >= 0.6 is 0 Å². The van der Waals surface area contributed by atoms with Crippen LogP contribution in [-0.2, 0) is 14.3 Å². The van der Waals surface area contributed by atoms with Gasteiger partial charge in [-0.05, 0) is 38.5 Å². The molecule has 60 heavy (non-hydrogen) atoms. The lowest BCUT2D eigenvalue weighted by Crippen LogP contribution is -2.60. The Morgan fingerprint density at radius 2 is 0.933 bits per heavy atom. The van der Waals surface area contributed by atoms with Crippen molar-refractivity contribution in [3.8, 4) is 0 Å². The van der Waals surface area contributed by atoms with Crippen LogP contribution in [0.1, 0.15) is 251 Å². The molecule has 356 valence electrons. The molecule has 0 aromatic rings. The highest BCUT2D eigenvalue weighted by Crippen LogP contribution is 2.23. The highest BCUT2D eigenvalue weighted by Gasteiger charge is 2.44. The van der Waals surface area contributed by atoms with E-state index in [0.29, 0.717) is 12.8 Å². The summed E-state index contributed by atoms with van der Waals surface area (Å²) in [7, 11) is 0. The Hall–Kier alpha value is -1.07. The van der Waals surface area contributed by atoms with Crippen molar-refractivity contribution in [2.45, 2.75) is 294 Å². The molecule has 1 rings (SSSR count). The number of unbranched alkanes of at least 4 members (excludes halogenated alkanes) is 32. The van der Waals surface area contributed by atoms with E-state index in [9.17, 15) is 30.3 Å². The number of nitrogens with one attached hydrogen (secondary N) is 1. The molecule has 0 radical (unpaired) electrons. The lowest BCUT2D eigenvalue weighted by atomic mass is 9.99. The number of amides is 1. The summed E-state index contributed by atoms with van der Waals surface area (Å²) in [5.74, 6) is -0.142. The monoisotopic (exact) mass is 854 g/mol. The van der Waals surface area contributed by atoms with Crippen LogP contribution in [0.25, 0.3) is 0 Å². The Bertz CT molecular complexity index is 950. The molecule has 1 aliphatic rings. The van der Waals surface area contributed by atoms with Crippen LogP contribution in [0.5, 0.6) is 0 Å². The standard InChI is InChI=1S/C51H99NO8/c1-3-5-7-9-11-13-15-17-19-21-22-23-24-25-27-29-31-33-35-37-39-41-47(55)52-44(43-59-51-50(58)49(57)48(56)46(42-53)60-51)45(54)40-38-36-34-32-30-28-26-20-18-16-14-12-10-8-6-4-2/h17,19,44-46,48-51,53-54,56-58H,3-16,18,20-43H2,1-2H3,(H,52,55)/b19-17+/t44-,45+,46-,48-,49?,50?,51-/m0/s1. The highest BCUT2D eigenvalue weighted by atomic mass is 16.7. The zero-order valence-electron chi connectivity index (χ0n) is 39.2. The molecule has 0 spiro atoms. The topological polar surface area (TPSA) is 149 Å². The first-order chi connectivity index (χ1) is 29.3. The Morgan fingerprint density at radius 1 is 0.550 bits per heavy atom. The lowest BCUT2D eigenvalue weighted by Gasteiger charge is -2.40. The van der Waals surface area contributed by atoms with Crippen molar-refractivity contribution in [1.29, 1.82) is 0 Å². The van der Waals surface area contributed by atoms with E-state index in [1.165, 1.54) is 186 Å². The van der Waals surface area contributed by atoms with Crippen LogP contribution in [0.4, 0.5) is 0 Å². The molecule has 6 N–H and O–H groups in total. The number of hydrogen-bond donors (Lipinski definition) is 6. The summed E-state index contributed by atoms with van der Waals surface area (Å²) in [6, 6.07) is -0.715. The Balaban J connectivity index is 2.25. The molecule has 1 heterocycles. The van der Waals surface area contributed by atoms with Gasteiger partial charge in [-0.15, -0.1) is 0 Å².